The topological polar surface area (TPSA) is 30.7 Å². The first-order chi connectivity index (χ1) is 9.74. The van der Waals surface area contributed by atoms with E-state index in [4.69, 9.17) is 0 Å². The summed E-state index contributed by atoms with van der Waals surface area (Å²) in [7, 11) is 0. The summed E-state index contributed by atoms with van der Waals surface area (Å²) in [5.74, 6) is -0.210. The molecule has 0 aliphatic rings. The molecule has 0 fully saturated rings. The highest BCUT2D eigenvalue weighted by atomic mass is 127. The van der Waals surface area contributed by atoms with E-state index in [1.54, 1.807) is 23.0 Å². The number of rotatable bonds is 3. The summed E-state index contributed by atoms with van der Waals surface area (Å²) in [5, 5.41) is 4.50. The lowest BCUT2D eigenvalue weighted by atomic mass is 10.2. The molecule has 2 aromatic heterocycles. The normalized spacial score (nSPS) is 10.7. The SMILES string of the molecule is Fc1ccccc1Cn1nc(-c2ccccn2)cc1I. The zero-order chi connectivity index (χ0) is 13.9. The summed E-state index contributed by atoms with van der Waals surface area (Å²) in [6, 6.07) is 14.4. The first-order valence-electron chi connectivity index (χ1n) is 6.12. The van der Waals surface area contributed by atoms with Crippen LogP contribution in [0.3, 0.4) is 0 Å². The van der Waals surface area contributed by atoms with Gasteiger partial charge in [0.25, 0.3) is 0 Å². The molecule has 0 spiro atoms. The van der Waals surface area contributed by atoms with E-state index in [2.05, 4.69) is 32.7 Å². The van der Waals surface area contributed by atoms with Crippen LogP contribution in [0.5, 0.6) is 0 Å². The molecule has 0 bridgehead atoms. The fourth-order valence-corrected chi connectivity index (χ4v) is 2.51. The molecule has 5 heteroatoms. The third-order valence-electron chi connectivity index (χ3n) is 2.94. The first kappa shape index (κ1) is 13.2. The lowest BCUT2D eigenvalue weighted by Gasteiger charge is -2.04. The average Bonchev–Trinajstić information content (AvgIpc) is 2.84. The van der Waals surface area contributed by atoms with Gasteiger partial charge in [0, 0.05) is 11.8 Å². The Labute approximate surface area is 129 Å². The quantitative estimate of drug-likeness (QED) is 0.650. The van der Waals surface area contributed by atoms with Gasteiger partial charge in [0.15, 0.2) is 0 Å². The molecular formula is C15H11FIN3. The van der Waals surface area contributed by atoms with Crippen molar-refractivity contribution in [2.24, 2.45) is 0 Å². The molecule has 0 unspecified atom stereocenters. The van der Waals surface area contributed by atoms with Gasteiger partial charge in [-0.15, -0.1) is 0 Å². The van der Waals surface area contributed by atoms with Crippen molar-refractivity contribution in [2.75, 3.05) is 0 Å². The van der Waals surface area contributed by atoms with Gasteiger partial charge in [-0.3, -0.25) is 9.67 Å². The smallest absolute Gasteiger partial charge is 0.128 e. The molecule has 2 heterocycles. The number of hydrogen-bond donors (Lipinski definition) is 0. The number of hydrogen-bond acceptors (Lipinski definition) is 2. The highest BCUT2D eigenvalue weighted by molar-refractivity contribution is 14.1. The Balaban J connectivity index is 1.92. The van der Waals surface area contributed by atoms with Gasteiger partial charge in [0.2, 0.25) is 0 Å². The van der Waals surface area contributed by atoms with Crippen molar-refractivity contribution >= 4 is 22.6 Å². The summed E-state index contributed by atoms with van der Waals surface area (Å²) in [6.45, 7) is 0.414. The van der Waals surface area contributed by atoms with Gasteiger partial charge >= 0.3 is 0 Å². The van der Waals surface area contributed by atoms with Gasteiger partial charge in [-0.1, -0.05) is 24.3 Å². The largest absolute Gasteiger partial charge is 0.255 e. The maximum Gasteiger partial charge on any atom is 0.128 e. The molecule has 100 valence electrons. The van der Waals surface area contributed by atoms with E-state index < -0.39 is 0 Å². The summed E-state index contributed by atoms with van der Waals surface area (Å²) in [6.07, 6.45) is 1.73. The molecule has 0 atom stereocenters. The van der Waals surface area contributed by atoms with Crippen molar-refractivity contribution in [2.45, 2.75) is 6.54 Å². The maximum absolute atomic E-state index is 13.7. The molecule has 1 aromatic carbocycles. The monoisotopic (exact) mass is 379 g/mol. The van der Waals surface area contributed by atoms with Crippen LogP contribution < -0.4 is 0 Å². The molecule has 0 saturated carbocycles. The van der Waals surface area contributed by atoms with Crippen molar-refractivity contribution in [1.82, 2.24) is 14.8 Å². The summed E-state index contributed by atoms with van der Waals surface area (Å²) in [4.78, 5) is 4.27. The second kappa shape index (κ2) is 5.70. The van der Waals surface area contributed by atoms with Gasteiger partial charge in [-0.2, -0.15) is 5.10 Å². The average molecular weight is 379 g/mol. The van der Waals surface area contributed by atoms with E-state index in [1.165, 1.54) is 6.07 Å². The molecule has 0 amide bonds. The van der Waals surface area contributed by atoms with E-state index in [0.717, 1.165) is 15.1 Å². The van der Waals surface area contributed by atoms with E-state index in [-0.39, 0.29) is 5.82 Å². The van der Waals surface area contributed by atoms with Crippen molar-refractivity contribution in [1.29, 1.82) is 0 Å². The lowest BCUT2D eigenvalue weighted by Crippen LogP contribution is -2.05. The molecule has 0 N–H and O–H groups in total. The predicted molar refractivity (Wildman–Crippen MR) is 83.7 cm³/mol. The van der Waals surface area contributed by atoms with Crippen LogP contribution in [0, 0.1) is 9.52 Å². The molecule has 0 radical (unpaired) electrons. The van der Waals surface area contributed by atoms with Crippen LogP contribution >= 0.6 is 22.6 Å². The standard InChI is InChI=1S/C15H11FIN3/c16-12-6-2-1-5-11(12)10-20-15(17)9-14(19-20)13-7-3-4-8-18-13/h1-9H,10H2. The second-order valence-corrected chi connectivity index (χ2v) is 5.42. The Morgan fingerprint density at radius 1 is 1.05 bits per heavy atom. The minimum absolute atomic E-state index is 0.210. The Bertz CT molecular complexity index is 725. The number of pyridine rings is 1. The van der Waals surface area contributed by atoms with Crippen molar-refractivity contribution in [3.8, 4) is 11.4 Å². The van der Waals surface area contributed by atoms with E-state index >= 15 is 0 Å². The lowest BCUT2D eigenvalue weighted by molar-refractivity contribution is 0.581. The Kier molecular flexibility index (Phi) is 3.77. The maximum atomic E-state index is 13.7. The van der Waals surface area contributed by atoms with Gasteiger partial charge in [0.1, 0.15) is 15.2 Å². The van der Waals surface area contributed by atoms with E-state index in [9.17, 15) is 4.39 Å². The molecule has 0 aliphatic carbocycles. The molecule has 0 saturated heterocycles. The zero-order valence-electron chi connectivity index (χ0n) is 10.5. The Hall–Kier alpha value is -1.76. The summed E-state index contributed by atoms with van der Waals surface area (Å²) in [5.41, 5.74) is 2.24. The fraction of sp³-hybridized carbons (Fsp3) is 0.0667. The highest BCUT2D eigenvalue weighted by Gasteiger charge is 2.10. The van der Waals surface area contributed by atoms with Crippen molar-refractivity contribution < 1.29 is 4.39 Å². The van der Waals surface area contributed by atoms with Crippen LogP contribution in [0.1, 0.15) is 5.56 Å². The van der Waals surface area contributed by atoms with Crippen LogP contribution in [-0.4, -0.2) is 14.8 Å². The molecule has 3 nitrogen and oxygen atoms in total. The van der Waals surface area contributed by atoms with Crippen LogP contribution in [0.2, 0.25) is 0 Å². The van der Waals surface area contributed by atoms with Gasteiger partial charge in [-0.25, -0.2) is 4.39 Å². The van der Waals surface area contributed by atoms with E-state index in [0.29, 0.717) is 12.1 Å². The zero-order valence-corrected chi connectivity index (χ0v) is 12.7. The third kappa shape index (κ3) is 2.72. The van der Waals surface area contributed by atoms with Crippen LogP contribution in [-0.2, 0) is 6.54 Å². The molecular weight excluding hydrogens is 368 g/mol. The van der Waals surface area contributed by atoms with Gasteiger partial charge in [-0.05, 0) is 46.9 Å². The van der Waals surface area contributed by atoms with Crippen molar-refractivity contribution in [3.05, 3.63) is 69.8 Å². The number of nitrogens with zero attached hydrogens (tertiary/aromatic N) is 3. The Morgan fingerprint density at radius 2 is 1.85 bits per heavy atom. The van der Waals surface area contributed by atoms with Crippen LogP contribution in [0.15, 0.2) is 54.7 Å². The summed E-state index contributed by atoms with van der Waals surface area (Å²) < 4.78 is 16.4. The minimum Gasteiger partial charge on any atom is -0.255 e. The van der Waals surface area contributed by atoms with Crippen molar-refractivity contribution in [3.63, 3.8) is 0 Å². The molecule has 3 aromatic rings. The molecule has 3 rings (SSSR count). The van der Waals surface area contributed by atoms with Gasteiger partial charge in [0.05, 0.1) is 12.2 Å². The number of halogens is 2. The number of benzene rings is 1. The highest BCUT2D eigenvalue weighted by Crippen LogP contribution is 2.19. The fourth-order valence-electron chi connectivity index (χ4n) is 1.93. The van der Waals surface area contributed by atoms with E-state index in [1.807, 2.05) is 30.3 Å². The second-order valence-electron chi connectivity index (χ2n) is 4.32. The molecule has 20 heavy (non-hydrogen) atoms. The minimum atomic E-state index is -0.210. The predicted octanol–water partition coefficient (Wildman–Crippen LogP) is 3.74. The Morgan fingerprint density at radius 3 is 2.60 bits per heavy atom. The van der Waals surface area contributed by atoms with Crippen LogP contribution in [0.4, 0.5) is 4.39 Å². The van der Waals surface area contributed by atoms with Crippen LogP contribution in [0.25, 0.3) is 11.4 Å². The third-order valence-corrected chi connectivity index (χ3v) is 3.80. The number of aromatic nitrogens is 3. The van der Waals surface area contributed by atoms with Gasteiger partial charge < -0.3 is 0 Å². The molecule has 0 aliphatic heterocycles. The first-order valence-corrected chi connectivity index (χ1v) is 7.20. The summed E-state index contributed by atoms with van der Waals surface area (Å²) >= 11 is 2.20.